The molecule has 1 aliphatic heterocycles. The molecule has 24 heteroatoms. The number of carbonyl (C=O) groups excluding carboxylic acids is 9. The van der Waals surface area contributed by atoms with E-state index in [1.54, 1.807) is 0 Å². The standard InChI is InChI=1S/C59H102FN11O11S/c1-17-18-19-20-21-22-24-43(63-53(77)47-25-23-32-71(47)83(81,82)42-28-26-41(60)27-29-42)49(73)64-45(34-38(4)5)51(75)67-58(11,12)55(79)66-44(33-37(2)3)50(74)65-46(35-39(6)7)52(76)68-59(13,14)56(80)69-57(9,10)54(78)61-31-30-48(72)62-40(8)36-70(15)16/h26-29,37-40,43-47H,17-25,30-36H2,1-16H3,(H,61,78)(H,62,72)(H,63,77)(H,64,73)(H,65,74)(H,66,79)(H,67,75)(H,68,76)(H,69,80)/t40?,43?,44?,45?,46?,47-/m0/s1. The second-order valence-corrected chi connectivity index (χ2v) is 27.3. The van der Waals surface area contributed by atoms with E-state index in [-0.39, 0.29) is 86.2 Å². The smallest absolute Gasteiger partial charge is 0.246 e. The van der Waals surface area contributed by atoms with Crippen molar-refractivity contribution >= 4 is 63.2 Å². The number of halogens is 1. The minimum Gasteiger partial charge on any atom is -0.354 e. The second-order valence-electron chi connectivity index (χ2n) is 25.4. The van der Waals surface area contributed by atoms with Crippen LogP contribution in [0.1, 0.15) is 180 Å². The number of hydrogen-bond donors (Lipinski definition) is 9. The number of hydrogen-bond acceptors (Lipinski definition) is 12. The summed E-state index contributed by atoms with van der Waals surface area (Å²) in [5, 5.41) is 24.8. The molecular formula is C59H102FN11O11S. The van der Waals surface area contributed by atoms with Crippen LogP contribution in [0.4, 0.5) is 4.39 Å². The molecule has 83 heavy (non-hydrogen) atoms. The minimum atomic E-state index is -4.21. The van der Waals surface area contributed by atoms with Gasteiger partial charge < -0.3 is 52.8 Å². The van der Waals surface area contributed by atoms with Crippen LogP contribution in [0.3, 0.4) is 0 Å². The molecule has 0 spiro atoms. The van der Waals surface area contributed by atoms with Crippen LogP contribution in [0.15, 0.2) is 29.2 Å². The maximum Gasteiger partial charge on any atom is 0.246 e. The van der Waals surface area contributed by atoms with Gasteiger partial charge in [0.25, 0.3) is 0 Å². The van der Waals surface area contributed by atoms with Crippen molar-refractivity contribution in [3.8, 4) is 0 Å². The van der Waals surface area contributed by atoms with Gasteiger partial charge in [-0.15, -0.1) is 0 Å². The number of nitrogens with one attached hydrogen (secondary N) is 9. The van der Waals surface area contributed by atoms with Gasteiger partial charge in [0.15, 0.2) is 0 Å². The Hall–Kier alpha value is -5.75. The predicted octanol–water partition coefficient (Wildman–Crippen LogP) is 4.06. The van der Waals surface area contributed by atoms with E-state index in [4.69, 9.17) is 0 Å². The van der Waals surface area contributed by atoms with Gasteiger partial charge in [-0.2, -0.15) is 4.31 Å². The highest BCUT2D eigenvalue weighted by atomic mass is 32.2. The van der Waals surface area contributed by atoms with Crippen molar-refractivity contribution in [2.45, 2.75) is 238 Å². The molecule has 6 atom stereocenters. The number of amides is 9. The van der Waals surface area contributed by atoms with Gasteiger partial charge in [0.1, 0.15) is 52.6 Å². The van der Waals surface area contributed by atoms with Crippen LogP contribution in [0.5, 0.6) is 0 Å². The fourth-order valence-corrected chi connectivity index (χ4v) is 11.2. The Balaban J connectivity index is 2.27. The molecule has 0 radical (unpaired) electrons. The van der Waals surface area contributed by atoms with Gasteiger partial charge in [0, 0.05) is 32.1 Å². The number of rotatable bonds is 36. The molecule has 9 amide bonds. The topological polar surface area (TPSA) is 303 Å². The zero-order valence-corrected chi connectivity index (χ0v) is 53.3. The largest absolute Gasteiger partial charge is 0.354 e. The lowest BCUT2D eigenvalue weighted by Gasteiger charge is -2.34. The maximum absolute atomic E-state index is 14.3. The molecule has 0 aromatic heterocycles. The summed E-state index contributed by atoms with van der Waals surface area (Å²) in [5.74, 6) is -6.79. The van der Waals surface area contributed by atoms with Crippen LogP contribution < -0.4 is 47.9 Å². The lowest BCUT2D eigenvalue weighted by Crippen LogP contribution is -2.65. The van der Waals surface area contributed by atoms with Crippen molar-refractivity contribution in [1.29, 1.82) is 0 Å². The Morgan fingerprint density at radius 1 is 0.602 bits per heavy atom. The monoisotopic (exact) mass is 1190 g/mol. The number of sulfonamides is 1. The molecule has 1 heterocycles. The van der Waals surface area contributed by atoms with Crippen molar-refractivity contribution in [3.63, 3.8) is 0 Å². The lowest BCUT2D eigenvalue weighted by molar-refractivity contribution is -0.139. The summed E-state index contributed by atoms with van der Waals surface area (Å²) < 4.78 is 42.2. The third-order valence-corrected chi connectivity index (χ3v) is 16.0. The van der Waals surface area contributed by atoms with Crippen LogP contribution in [0.2, 0.25) is 0 Å². The summed E-state index contributed by atoms with van der Waals surface area (Å²) in [5.41, 5.74) is -4.75. The first kappa shape index (κ1) is 73.4. The summed E-state index contributed by atoms with van der Waals surface area (Å²) in [4.78, 5) is 126. The average molecular weight is 1190 g/mol. The van der Waals surface area contributed by atoms with Gasteiger partial charge in [0.05, 0.1) is 4.90 Å². The lowest BCUT2D eigenvalue weighted by atomic mass is 9.96. The Labute approximate surface area is 494 Å². The van der Waals surface area contributed by atoms with Gasteiger partial charge in [0.2, 0.25) is 63.2 Å². The third-order valence-electron chi connectivity index (χ3n) is 14.1. The molecule has 1 aromatic rings. The first-order chi connectivity index (χ1) is 38.4. The third kappa shape index (κ3) is 25.2. The second kappa shape index (κ2) is 33.7. The van der Waals surface area contributed by atoms with E-state index < -0.39 is 110 Å². The molecule has 1 aliphatic rings. The van der Waals surface area contributed by atoms with Gasteiger partial charge >= 0.3 is 0 Å². The molecule has 0 bridgehead atoms. The first-order valence-electron chi connectivity index (χ1n) is 29.6. The van der Waals surface area contributed by atoms with E-state index in [0.717, 1.165) is 60.7 Å². The Bertz CT molecular complexity index is 2450. The van der Waals surface area contributed by atoms with Crippen LogP contribution in [-0.2, 0) is 53.2 Å². The van der Waals surface area contributed by atoms with Crippen LogP contribution in [0, 0.1) is 23.6 Å². The van der Waals surface area contributed by atoms with Crippen LogP contribution in [-0.4, -0.2) is 157 Å². The number of nitrogens with zero attached hydrogens (tertiary/aromatic N) is 2. The summed E-state index contributed by atoms with van der Waals surface area (Å²) in [6, 6.07) is -1.67. The predicted molar refractivity (Wildman–Crippen MR) is 318 cm³/mol. The molecule has 9 N–H and O–H groups in total. The van der Waals surface area contributed by atoms with E-state index >= 15 is 0 Å². The molecule has 5 unspecified atom stereocenters. The Morgan fingerprint density at radius 3 is 1.58 bits per heavy atom. The maximum atomic E-state index is 14.3. The van der Waals surface area contributed by atoms with E-state index in [9.17, 15) is 56.0 Å². The highest BCUT2D eigenvalue weighted by Gasteiger charge is 2.43. The number of benzene rings is 1. The summed E-state index contributed by atoms with van der Waals surface area (Å²) in [6.07, 6.45) is 6.42. The van der Waals surface area contributed by atoms with Crippen molar-refractivity contribution in [2.75, 3.05) is 33.7 Å². The summed E-state index contributed by atoms with van der Waals surface area (Å²) in [6.45, 7) is 24.5. The van der Waals surface area contributed by atoms with Gasteiger partial charge in [-0.1, -0.05) is 87.0 Å². The first-order valence-corrected chi connectivity index (χ1v) is 31.1. The molecule has 0 saturated carbocycles. The molecule has 1 saturated heterocycles. The van der Waals surface area contributed by atoms with E-state index in [1.165, 1.54) is 41.5 Å². The van der Waals surface area contributed by atoms with E-state index in [2.05, 4.69) is 54.8 Å². The van der Waals surface area contributed by atoms with E-state index in [0.29, 0.717) is 19.4 Å². The Kier molecular flexibility index (Phi) is 29.8. The van der Waals surface area contributed by atoms with E-state index in [1.807, 2.05) is 67.5 Å². The molecule has 22 nitrogen and oxygen atoms in total. The zero-order chi connectivity index (χ0) is 63.2. The van der Waals surface area contributed by atoms with Crippen LogP contribution in [0.25, 0.3) is 0 Å². The van der Waals surface area contributed by atoms with Crippen molar-refractivity contribution in [3.05, 3.63) is 30.1 Å². The van der Waals surface area contributed by atoms with Crippen molar-refractivity contribution in [2.24, 2.45) is 17.8 Å². The normalized spacial score (nSPS) is 16.1. The van der Waals surface area contributed by atoms with Gasteiger partial charge in [-0.05, 0) is 143 Å². The summed E-state index contributed by atoms with van der Waals surface area (Å²) in [7, 11) is -0.427. The minimum absolute atomic E-state index is 0.0178. The Morgan fingerprint density at radius 2 is 1.07 bits per heavy atom. The van der Waals surface area contributed by atoms with Gasteiger partial charge in [-0.25, -0.2) is 12.8 Å². The zero-order valence-electron chi connectivity index (χ0n) is 52.5. The fourth-order valence-electron chi connectivity index (χ4n) is 9.54. The molecule has 1 aromatic carbocycles. The summed E-state index contributed by atoms with van der Waals surface area (Å²) >= 11 is 0. The van der Waals surface area contributed by atoms with Crippen molar-refractivity contribution in [1.82, 2.24) is 57.1 Å². The van der Waals surface area contributed by atoms with Crippen LogP contribution >= 0.6 is 0 Å². The number of carbonyl (C=O) groups is 9. The highest BCUT2D eigenvalue weighted by Crippen LogP contribution is 2.27. The number of unbranched alkanes of at least 4 members (excludes halogenated alkanes) is 5. The molecule has 1 fully saturated rings. The number of likely N-dealkylation sites (N-methyl/N-ethyl adjacent to an activating group) is 1. The highest BCUT2D eigenvalue weighted by molar-refractivity contribution is 7.89. The quantitative estimate of drug-likeness (QED) is 0.0430. The van der Waals surface area contributed by atoms with Crippen molar-refractivity contribution < 1.29 is 56.0 Å². The van der Waals surface area contributed by atoms with Gasteiger partial charge in [-0.3, -0.25) is 43.2 Å². The molecule has 472 valence electrons. The molecule has 0 aliphatic carbocycles. The average Bonchev–Trinajstić information content (AvgIpc) is 4.16. The fraction of sp³-hybridized carbons (Fsp3) is 0.746. The SMILES string of the molecule is CCCCCCCCC(NC(=O)[C@@H]1CCCN1S(=O)(=O)c1ccc(F)cc1)C(=O)NC(CC(C)C)C(=O)NC(C)(C)C(=O)NC(CC(C)C)C(=O)NC(CC(C)C)C(=O)NC(C)(C)C(=O)NC(C)(C)C(=O)NCCC(=O)NC(C)CN(C)C. The molecular weight excluding hydrogens is 1090 g/mol. The molecule has 2 rings (SSSR count).